The van der Waals surface area contributed by atoms with Crippen LogP contribution in [0.1, 0.15) is 5.56 Å². The van der Waals surface area contributed by atoms with E-state index in [1.807, 2.05) is 18.2 Å². The zero-order valence-electron chi connectivity index (χ0n) is 15.3. The van der Waals surface area contributed by atoms with Gasteiger partial charge in [-0.05, 0) is 23.8 Å². The van der Waals surface area contributed by atoms with Crippen molar-refractivity contribution in [2.45, 2.75) is 6.54 Å². The molecule has 2 rings (SSSR count). The van der Waals surface area contributed by atoms with E-state index in [4.69, 9.17) is 9.47 Å². The largest absolute Gasteiger partial charge is 0.497 e. The quantitative estimate of drug-likeness (QED) is 0.311. The number of carbonyl (C=O) groups is 1. The minimum absolute atomic E-state index is 0.117. The maximum atomic E-state index is 12.3. The molecule has 0 saturated carbocycles. The smallest absolute Gasteiger partial charge is 0.273 e. The molecule has 0 bridgehead atoms. The lowest BCUT2D eigenvalue weighted by atomic mass is 10.2. The molecule has 144 valence electrons. The Kier molecular flexibility index (Phi) is 6.93. The van der Waals surface area contributed by atoms with Crippen LogP contribution in [0.25, 0.3) is 0 Å². The van der Waals surface area contributed by atoms with Crippen molar-refractivity contribution in [2.75, 3.05) is 19.5 Å². The summed E-state index contributed by atoms with van der Waals surface area (Å²) in [6.07, 6.45) is 1.30. The number of ether oxygens (including phenoxy) is 2. The molecule has 0 aliphatic rings. The van der Waals surface area contributed by atoms with Crippen LogP contribution in [0.2, 0.25) is 0 Å². The zero-order chi connectivity index (χ0) is 20.5. The van der Waals surface area contributed by atoms with Gasteiger partial charge < -0.3 is 20.1 Å². The van der Waals surface area contributed by atoms with Gasteiger partial charge in [0.25, 0.3) is 11.6 Å². The lowest BCUT2D eigenvalue weighted by Gasteiger charge is -2.10. The number of nitro groups is 1. The summed E-state index contributed by atoms with van der Waals surface area (Å²) in [7, 11) is 2.90. The van der Waals surface area contributed by atoms with E-state index in [1.54, 1.807) is 19.2 Å². The summed E-state index contributed by atoms with van der Waals surface area (Å²) in [5, 5.41) is 25.5. The number of anilines is 1. The zero-order valence-corrected chi connectivity index (χ0v) is 15.3. The van der Waals surface area contributed by atoms with E-state index < -0.39 is 10.8 Å². The Morgan fingerprint density at radius 2 is 1.93 bits per heavy atom. The fourth-order valence-electron chi connectivity index (χ4n) is 2.25. The van der Waals surface area contributed by atoms with Gasteiger partial charge in [-0.1, -0.05) is 12.1 Å². The van der Waals surface area contributed by atoms with Crippen molar-refractivity contribution in [1.82, 2.24) is 5.32 Å². The number of methoxy groups -OCH3 is 2. The fraction of sp³-hybridized carbons (Fsp3) is 0.158. The van der Waals surface area contributed by atoms with Crippen molar-refractivity contribution in [3.63, 3.8) is 0 Å². The number of nitrogens with zero attached hydrogens (tertiary/aromatic N) is 2. The van der Waals surface area contributed by atoms with Gasteiger partial charge >= 0.3 is 0 Å². The summed E-state index contributed by atoms with van der Waals surface area (Å²) in [4.78, 5) is 22.6. The van der Waals surface area contributed by atoms with Crippen molar-refractivity contribution in [2.24, 2.45) is 0 Å². The van der Waals surface area contributed by atoms with Crippen molar-refractivity contribution in [1.29, 1.82) is 5.26 Å². The van der Waals surface area contributed by atoms with Crippen LogP contribution in [0.5, 0.6) is 11.5 Å². The lowest BCUT2D eigenvalue weighted by molar-refractivity contribution is -0.384. The lowest BCUT2D eigenvalue weighted by Crippen LogP contribution is -2.17. The molecule has 0 aliphatic heterocycles. The Morgan fingerprint density at radius 1 is 1.21 bits per heavy atom. The summed E-state index contributed by atoms with van der Waals surface area (Å²) >= 11 is 0. The van der Waals surface area contributed by atoms with Gasteiger partial charge in [-0.3, -0.25) is 14.9 Å². The minimum Gasteiger partial charge on any atom is -0.497 e. The topological polar surface area (TPSA) is 127 Å². The molecule has 0 aromatic heterocycles. The van der Waals surface area contributed by atoms with Crippen molar-refractivity contribution >= 4 is 17.3 Å². The number of carbonyl (C=O) groups excluding carboxylic acids is 1. The number of benzene rings is 2. The molecule has 0 aliphatic carbocycles. The number of non-ortho nitro benzene ring substituents is 1. The second-order valence-electron chi connectivity index (χ2n) is 5.49. The predicted octanol–water partition coefficient (Wildman–Crippen LogP) is 2.75. The fourth-order valence-corrected chi connectivity index (χ4v) is 2.25. The first-order valence-corrected chi connectivity index (χ1v) is 8.09. The Morgan fingerprint density at radius 3 is 2.50 bits per heavy atom. The van der Waals surface area contributed by atoms with E-state index in [2.05, 4.69) is 10.6 Å². The van der Waals surface area contributed by atoms with Crippen LogP contribution in [-0.2, 0) is 11.3 Å². The number of hydrogen-bond donors (Lipinski definition) is 2. The van der Waals surface area contributed by atoms with E-state index in [-0.39, 0.29) is 22.7 Å². The van der Waals surface area contributed by atoms with Gasteiger partial charge in [0.15, 0.2) is 0 Å². The molecular weight excluding hydrogens is 364 g/mol. The highest BCUT2D eigenvalue weighted by Gasteiger charge is 2.15. The maximum Gasteiger partial charge on any atom is 0.273 e. The van der Waals surface area contributed by atoms with Gasteiger partial charge in [-0.2, -0.15) is 5.26 Å². The number of nitrogens with one attached hydrogen (secondary N) is 2. The summed E-state index contributed by atoms with van der Waals surface area (Å²) in [5.41, 5.74) is 0.821. The molecule has 0 atom stereocenters. The number of hydrogen-bond acceptors (Lipinski definition) is 7. The summed E-state index contributed by atoms with van der Waals surface area (Å²) in [5.74, 6) is 0.177. The van der Waals surface area contributed by atoms with Gasteiger partial charge in [0.1, 0.15) is 23.1 Å². The predicted molar refractivity (Wildman–Crippen MR) is 102 cm³/mol. The van der Waals surface area contributed by atoms with E-state index in [9.17, 15) is 20.2 Å². The molecule has 9 heteroatoms. The number of rotatable bonds is 8. The van der Waals surface area contributed by atoms with Gasteiger partial charge in [-0.25, -0.2) is 0 Å². The van der Waals surface area contributed by atoms with Crippen LogP contribution in [0, 0.1) is 21.4 Å². The molecule has 0 heterocycles. The van der Waals surface area contributed by atoms with E-state index in [0.29, 0.717) is 6.54 Å². The molecule has 2 aromatic carbocycles. The molecule has 0 spiro atoms. The average molecular weight is 382 g/mol. The number of nitriles is 1. The standard InChI is InChI=1S/C19H18N4O5/c1-27-16-6-3-13(4-7-16)11-21-12-14(10-20)19(24)22-17-8-5-15(23(25)26)9-18(17)28-2/h3-9,12,21H,11H2,1-2H3,(H,22,24)/b14-12-. The third-order valence-corrected chi connectivity index (χ3v) is 3.72. The number of nitro benzene ring substituents is 1. The van der Waals surface area contributed by atoms with Crippen molar-refractivity contribution < 1.29 is 19.2 Å². The van der Waals surface area contributed by atoms with Crippen LogP contribution in [0.3, 0.4) is 0 Å². The highest BCUT2D eigenvalue weighted by Crippen LogP contribution is 2.29. The first kappa shape index (κ1) is 20.3. The summed E-state index contributed by atoms with van der Waals surface area (Å²) < 4.78 is 10.1. The Bertz CT molecular complexity index is 932. The molecule has 9 nitrogen and oxygen atoms in total. The Labute approximate surface area is 161 Å². The average Bonchev–Trinajstić information content (AvgIpc) is 2.71. The molecule has 0 radical (unpaired) electrons. The normalized spacial score (nSPS) is 10.5. The molecular formula is C19H18N4O5. The van der Waals surface area contributed by atoms with Crippen molar-refractivity contribution in [3.05, 3.63) is 69.9 Å². The Balaban J connectivity index is 2.05. The van der Waals surface area contributed by atoms with Gasteiger partial charge in [0.2, 0.25) is 0 Å². The maximum absolute atomic E-state index is 12.3. The SMILES string of the molecule is COc1ccc(CN/C=C(/C#N)C(=O)Nc2ccc([N+](=O)[O-])cc2OC)cc1. The van der Waals surface area contributed by atoms with E-state index in [1.165, 1.54) is 31.5 Å². The molecule has 0 unspecified atom stereocenters. The van der Waals surface area contributed by atoms with Crippen LogP contribution in [0.15, 0.2) is 54.2 Å². The summed E-state index contributed by atoms with van der Waals surface area (Å²) in [6, 6.07) is 12.9. The van der Waals surface area contributed by atoms with Crippen LogP contribution in [-0.4, -0.2) is 25.1 Å². The monoisotopic (exact) mass is 382 g/mol. The molecule has 0 saturated heterocycles. The Hall–Kier alpha value is -4.06. The highest BCUT2D eigenvalue weighted by atomic mass is 16.6. The van der Waals surface area contributed by atoms with Crippen LogP contribution in [0.4, 0.5) is 11.4 Å². The molecule has 2 N–H and O–H groups in total. The van der Waals surface area contributed by atoms with Gasteiger partial charge in [-0.15, -0.1) is 0 Å². The van der Waals surface area contributed by atoms with Gasteiger partial charge in [0, 0.05) is 18.8 Å². The highest BCUT2D eigenvalue weighted by molar-refractivity contribution is 6.07. The molecule has 0 fully saturated rings. The molecule has 2 aromatic rings. The van der Waals surface area contributed by atoms with E-state index >= 15 is 0 Å². The second kappa shape index (κ2) is 9.59. The van der Waals surface area contributed by atoms with Gasteiger partial charge in [0.05, 0.1) is 30.9 Å². The first-order valence-electron chi connectivity index (χ1n) is 8.09. The summed E-state index contributed by atoms with van der Waals surface area (Å²) in [6.45, 7) is 0.406. The number of amides is 1. The van der Waals surface area contributed by atoms with Crippen molar-refractivity contribution in [3.8, 4) is 17.6 Å². The molecule has 1 amide bonds. The second-order valence-corrected chi connectivity index (χ2v) is 5.49. The van der Waals surface area contributed by atoms with Crippen LogP contribution < -0.4 is 20.1 Å². The third-order valence-electron chi connectivity index (χ3n) is 3.72. The molecule has 28 heavy (non-hydrogen) atoms. The van der Waals surface area contributed by atoms with Crippen LogP contribution >= 0.6 is 0 Å². The van der Waals surface area contributed by atoms with E-state index in [0.717, 1.165) is 11.3 Å². The minimum atomic E-state index is -0.670. The first-order chi connectivity index (χ1) is 13.5. The third kappa shape index (κ3) is 5.22.